The molecule has 8 nitrogen and oxygen atoms in total. The smallest absolute Gasteiger partial charge is 0.236 e. The first kappa shape index (κ1) is 17.8. The van der Waals surface area contributed by atoms with Crippen LogP contribution in [0, 0.1) is 6.92 Å². The summed E-state index contributed by atoms with van der Waals surface area (Å²) >= 11 is 4.23. The highest BCUT2D eigenvalue weighted by atomic mass is 32.2. The maximum absolute atomic E-state index is 12.1. The summed E-state index contributed by atoms with van der Waals surface area (Å²) in [6, 6.07) is 7.80. The first-order valence-corrected chi connectivity index (χ1v) is 10.2. The normalized spacial score (nSPS) is 10.8. The summed E-state index contributed by atoms with van der Waals surface area (Å²) in [5, 5.41) is 23.5. The summed E-state index contributed by atoms with van der Waals surface area (Å²) in [5.41, 5.74) is 1.94. The number of anilines is 1. The molecule has 0 atom stereocenters. The van der Waals surface area contributed by atoms with Gasteiger partial charge in [-0.25, -0.2) is 0 Å². The Balaban J connectivity index is 1.61. The molecule has 2 heterocycles. The van der Waals surface area contributed by atoms with E-state index in [0.717, 1.165) is 21.3 Å². The molecule has 3 aromatic rings. The van der Waals surface area contributed by atoms with Gasteiger partial charge < -0.3 is 0 Å². The lowest BCUT2D eigenvalue weighted by atomic mass is 10.2. The van der Waals surface area contributed by atoms with E-state index in [0.29, 0.717) is 10.3 Å². The van der Waals surface area contributed by atoms with E-state index in [-0.39, 0.29) is 11.7 Å². The van der Waals surface area contributed by atoms with Crippen LogP contribution in [0.3, 0.4) is 0 Å². The van der Waals surface area contributed by atoms with Gasteiger partial charge in [-0.3, -0.25) is 10.1 Å². The van der Waals surface area contributed by atoms with Crippen molar-refractivity contribution in [2.75, 3.05) is 16.8 Å². The van der Waals surface area contributed by atoms with Crippen molar-refractivity contribution < 1.29 is 4.79 Å². The van der Waals surface area contributed by atoms with Gasteiger partial charge in [-0.1, -0.05) is 60.0 Å². The first-order valence-electron chi connectivity index (χ1n) is 7.40. The number of hydrogen-bond acceptors (Lipinski definition) is 9. The third-order valence-corrected chi connectivity index (χ3v) is 5.81. The van der Waals surface area contributed by atoms with Gasteiger partial charge in [0, 0.05) is 0 Å². The molecule has 1 aromatic carbocycles. The van der Waals surface area contributed by atoms with E-state index in [9.17, 15) is 4.79 Å². The topological polar surface area (TPSA) is 98.5 Å². The molecule has 25 heavy (non-hydrogen) atoms. The summed E-state index contributed by atoms with van der Waals surface area (Å²) in [5.74, 6) is 0.927. The van der Waals surface area contributed by atoms with Crippen LogP contribution in [0.25, 0.3) is 5.69 Å². The highest BCUT2D eigenvalue weighted by molar-refractivity contribution is 8.01. The van der Waals surface area contributed by atoms with E-state index >= 15 is 0 Å². The SMILES string of the molecule is CCSc1nnc(NC(=O)CSc2nnnn2-c2ccccc2C)s1. The van der Waals surface area contributed by atoms with Crippen LogP contribution in [0.4, 0.5) is 5.13 Å². The maximum atomic E-state index is 12.1. The number of carbonyl (C=O) groups excluding carboxylic acids is 1. The molecule has 0 fully saturated rings. The molecular weight excluding hydrogens is 378 g/mol. The molecule has 1 amide bonds. The van der Waals surface area contributed by atoms with Gasteiger partial charge in [-0.05, 0) is 34.7 Å². The van der Waals surface area contributed by atoms with Crippen LogP contribution in [-0.4, -0.2) is 47.8 Å². The molecule has 0 aliphatic carbocycles. The molecule has 3 rings (SSSR count). The number of nitrogens with zero attached hydrogens (tertiary/aromatic N) is 6. The molecule has 0 spiro atoms. The van der Waals surface area contributed by atoms with Crippen molar-refractivity contribution in [3.8, 4) is 5.69 Å². The van der Waals surface area contributed by atoms with Crippen molar-refractivity contribution >= 4 is 45.9 Å². The van der Waals surface area contributed by atoms with E-state index in [1.807, 2.05) is 38.1 Å². The highest BCUT2D eigenvalue weighted by Gasteiger charge is 2.14. The van der Waals surface area contributed by atoms with E-state index in [2.05, 4.69) is 31.0 Å². The second-order valence-corrected chi connectivity index (χ2v) is 8.23. The number of para-hydroxylation sites is 1. The van der Waals surface area contributed by atoms with Gasteiger partial charge in [0.05, 0.1) is 11.4 Å². The van der Waals surface area contributed by atoms with Crippen LogP contribution in [0.15, 0.2) is 33.8 Å². The van der Waals surface area contributed by atoms with E-state index in [1.165, 1.54) is 23.1 Å². The van der Waals surface area contributed by atoms with Crippen LogP contribution < -0.4 is 5.32 Å². The molecule has 11 heteroatoms. The Labute approximate surface area is 156 Å². The van der Waals surface area contributed by atoms with Crippen LogP contribution >= 0.6 is 34.9 Å². The molecule has 0 radical (unpaired) electrons. The summed E-state index contributed by atoms with van der Waals surface area (Å²) in [6.45, 7) is 4.03. The van der Waals surface area contributed by atoms with Gasteiger partial charge in [0.1, 0.15) is 0 Å². The molecule has 0 unspecified atom stereocenters. The van der Waals surface area contributed by atoms with E-state index in [4.69, 9.17) is 0 Å². The number of tetrazole rings is 1. The minimum Gasteiger partial charge on any atom is -0.300 e. The van der Waals surface area contributed by atoms with Gasteiger partial charge in [0.15, 0.2) is 4.34 Å². The summed E-state index contributed by atoms with van der Waals surface area (Å²) < 4.78 is 2.47. The Kier molecular flexibility index (Phi) is 6.00. The van der Waals surface area contributed by atoms with Crippen LogP contribution in [-0.2, 0) is 4.79 Å². The Hall–Kier alpha value is -1.98. The average molecular weight is 394 g/mol. The van der Waals surface area contributed by atoms with Crippen LogP contribution in [0.5, 0.6) is 0 Å². The molecule has 130 valence electrons. The maximum Gasteiger partial charge on any atom is 0.236 e. The first-order chi connectivity index (χ1) is 12.2. The lowest BCUT2D eigenvalue weighted by Gasteiger charge is -2.06. The number of hydrogen-bond donors (Lipinski definition) is 1. The van der Waals surface area contributed by atoms with Gasteiger partial charge in [0.2, 0.25) is 16.2 Å². The second kappa shape index (κ2) is 8.41. The number of benzene rings is 1. The summed E-state index contributed by atoms with van der Waals surface area (Å²) in [7, 11) is 0. The van der Waals surface area contributed by atoms with Crippen LogP contribution in [0.2, 0.25) is 0 Å². The predicted octanol–water partition coefficient (Wildman–Crippen LogP) is 2.67. The number of amides is 1. The van der Waals surface area contributed by atoms with Crippen molar-refractivity contribution in [3.63, 3.8) is 0 Å². The van der Waals surface area contributed by atoms with Crippen molar-refractivity contribution in [2.45, 2.75) is 23.3 Å². The zero-order valence-corrected chi connectivity index (χ0v) is 16.0. The molecule has 0 saturated heterocycles. The number of carbonyl (C=O) groups is 1. The lowest BCUT2D eigenvalue weighted by molar-refractivity contribution is -0.113. The van der Waals surface area contributed by atoms with E-state index < -0.39 is 0 Å². The third-order valence-electron chi connectivity index (χ3n) is 3.04. The van der Waals surface area contributed by atoms with Crippen LogP contribution in [0.1, 0.15) is 12.5 Å². The highest BCUT2D eigenvalue weighted by Crippen LogP contribution is 2.25. The number of nitrogens with one attached hydrogen (secondary N) is 1. The number of rotatable bonds is 7. The second-order valence-electron chi connectivity index (χ2n) is 4.80. The van der Waals surface area contributed by atoms with Gasteiger partial charge in [-0.15, -0.1) is 15.3 Å². The lowest BCUT2D eigenvalue weighted by Crippen LogP contribution is -2.14. The van der Waals surface area contributed by atoms with Crippen molar-refractivity contribution in [3.05, 3.63) is 29.8 Å². The predicted molar refractivity (Wildman–Crippen MR) is 99.6 cm³/mol. The largest absolute Gasteiger partial charge is 0.300 e. The fraction of sp³-hybridized carbons (Fsp3) is 0.286. The zero-order chi connectivity index (χ0) is 17.6. The van der Waals surface area contributed by atoms with E-state index in [1.54, 1.807) is 16.4 Å². The molecule has 0 saturated carbocycles. The minimum atomic E-state index is -0.173. The monoisotopic (exact) mass is 393 g/mol. The Morgan fingerprint density at radius 3 is 2.88 bits per heavy atom. The molecule has 0 aliphatic rings. The number of aryl methyl sites for hydroxylation is 1. The van der Waals surface area contributed by atoms with Crippen molar-refractivity contribution in [1.82, 2.24) is 30.4 Å². The fourth-order valence-corrected chi connectivity index (χ4v) is 4.30. The molecule has 2 aromatic heterocycles. The quantitative estimate of drug-likeness (QED) is 0.483. The van der Waals surface area contributed by atoms with Gasteiger partial charge in [0.25, 0.3) is 0 Å². The molecular formula is C14H15N7OS3. The number of aromatic nitrogens is 6. The summed E-state index contributed by atoms with van der Waals surface area (Å²) in [6.07, 6.45) is 0. The molecule has 0 aliphatic heterocycles. The Bertz CT molecular complexity index is 863. The standard InChI is InChI=1S/C14H15N7OS3/c1-3-23-14-18-16-12(25-14)15-11(22)8-24-13-17-19-20-21(13)10-7-5-4-6-9(10)2/h4-7H,3,8H2,1-2H3,(H,15,16,22). The Morgan fingerprint density at radius 2 is 2.08 bits per heavy atom. The minimum absolute atomic E-state index is 0.173. The van der Waals surface area contributed by atoms with Gasteiger partial charge in [-0.2, -0.15) is 4.68 Å². The Morgan fingerprint density at radius 1 is 1.24 bits per heavy atom. The number of thioether (sulfide) groups is 2. The summed E-state index contributed by atoms with van der Waals surface area (Å²) in [4.78, 5) is 12.1. The zero-order valence-electron chi connectivity index (χ0n) is 13.5. The van der Waals surface area contributed by atoms with Gasteiger partial charge >= 0.3 is 0 Å². The third kappa shape index (κ3) is 4.55. The molecule has 0 bridgehead atoms. The molecule has 1 N–H and O–H groups in total. The van der Waals surface area contributed by atoms with Crippen molar-refractivity contribution in [1.29, 1.82) is 0 Å². The fourth-order valence-electron chi connectivity index (χ4n) is 1.95. The average Bonchev–Trinajstić information content (AvgIpc) is 3.23. The van der Waals surface area contributed by atoms with Crippen molar-refractivity contribution in [2.24, 2.45) is 0 Å².